The molecule has 0 N–H and O–H groups in total. The first kappa shape index (κ1) is 5.95. The lowest BCUT2D eigenvalue weighted by atomic mass is 10.3. The second kappa shape index (κ2) is 1.65. The Morgan fingerprint density at radius 2 is 2.25 bits per heavy atom. The van der Waals surface area contributed by atoms with E-state index in [2.05, 4.69) is 0 Å². The van der Waals surface area contributed by atoms with E-state index in [9.17, 15) is 8.78 Å². The topological polar surface area (TPSA) is 3.24 Å². The van der Waals surface area contributed by atoms with Crippen LogP contribution in [0.15, 0.2) is 0 Å². The van der Waals surface area contributed by atoms with Gasteiger partial charge in [-0.3, -0.25) is 0 Å². The maximum atomic E-state index is 12.1. The smallest absolute Gasteiger partial charge is 0.265 e. The van der Waals surface area contributed by atoms with E-state index in [1.54, 1.807) is 11.9 Å². The van der Waals surface area contributed by atoms with Gasteiger partial charge >= 0.3 is 0 Å². The number of likely N-dealkylation sites (tertiary alicyclic amines) is 1. The molecule has 8 heavy (non-hydrogen) atoms. The summed E-state index contributed by atoms with van der Waals surface area (Å²) in [6.45, 7) is 0.292. The summed E-state index contributed by atoms with van der Waals surface area (Å²) < 4.78 is 24.2. The molecule has 0 amide bonds. The molecule has 0 aromatic heterocycles. The third-order valence-corrected chi connectivity index (χ3v) is 1.18. The van der Waals surface area contributed by atoms with Gasteiger partial charge in [-0.15, -0.1) is 0 Å². The molecule has 0 aromatic carbocycles. The molecule has 1 fully saturated rings. The van der Waals surface area contributed by atoms with Crippen LogP contribution in [-0.2, 0) is 0 Å². The van der Waals surface area contributed by atoms with Crippen LogP contribution < -0.4 is 0 Å². The Morgan fingerprint density at radius 1 is 1.62 bits per heavy atom. The van der Waals surface area contributed by atoms with Crippen molar-refractivity contribution in [2.75, 3.05) is 20.1 Å². The van der Waals surface area contributed by atoms with Crippen molar-refractivity contribution in [3.8, 4) is 0 Å². The largest absolute Gasteiger partial charge is 0.300 e. The molecule has 0 aliphatic carbocycles. The Morgan fingerprint density at radius 3 is 2.38 bits per heavy atom. The van der Waals surface area contributed by atoms with Gasteiger partial charge in [-0.1, -0.05) is 0 Å². The molecule has 1 nitrogen and oxygen atoms in total. The van der Waals surface area contributed by atoms with Crippen molar-refractivity contribution in [2.24, 2.45) is 0 Å². The highest BCUT2D eigenvalue weighted by atomic mass is 19.3. The lowest BCUT2D eigenvalue weighted by molar-refractivity contribution is 0.0441. The average Bonchev–Trinajstić information content (AvgIpc) is 1.82. The first-order valence-corrected chi connectivity index (χ1v) is 2.51. The average molecular weight is 120 g/mol. The summed E-state index contributed by atoms with van der Waals surface area (Å²) >= 11 is 0. The number of hydrogen-bond donors (Lipinski definition) is 0. The van der Waals surface area contributed by atoms with E-state index in [0.29, 0.717) is 6.54 Å². The van der Waals surface area contributed by atoms with Crippen molar-refractivity contribution in [1.82, 2.24) is 4.90 Å². The first-order valence-electron chi connectivity index (χ1n) is 2.51. The van der Waals surface area contributed by atoms with Crippen LogP contribution in [0, 0.1) is 6.42 Å². The van der Waals surface area contributed by atoms with Crippen molar-refractivity contribution < 1.29 is 8.78 Å². The minimum absolute atomic E-state index is 0.118. The summed E-state index contributed by atoms with van der Waals surface area (Å²) in [5.74, 6) is -2.53. The number of rotatable bonds is 0. The summed E-state index contributed by atoms with van der Waals surface area (Å²) in [6, 6.07) is 0. The van der Waals surface area contributed by atoms with Gasteiger partial charge in [0.05, 0.1) is 6.54 Å². The van der Waals surface area contributed by atoms with Crippen molar-refractivity contribution in [3.63, 3.8) is 0 Å². The molecular formula is C5H8F2N. The highest BCUT2D eigenvalue weighted by Crippen LogP contribution is 2.23. The third-order valence-electron chi connectivity index (χ3n) is 1.18. The molecule has 1 saturated heterocycles. The number of halogens is 2. The van der Waals surface area contributed by atoms with E-state index in [0.717, 1.165) is 6.42 Å². The molecule has 0 bridgehead atoms. The van der Waals surface area contributed by atoms with Gasteiger partial charge < -0.3 is 4.90 Å². The SMILES string of the molecule is CN1C[CH]C(F)(F)C1. The van der Waals surface area contributed by atoms with E-state index < -0.39 is 5.92 Å². The van der Waals surface area contributed by atoms with Crippen molar-refractivity contribution >= 4 is 0 Å². The van der Waals surface area contributed by atoms with Crippen LogP contribution in [0.3, 0.4) is 0 Å². The Kier molecular flexibility index (Phi) is 1.23. The highest BCUT2D eigenvalue weighted by molar-refractivity contribution is 4.95. The van der Waals surface area contributed by atoms with Crippen LogP contribution in [0.4, 0.5) is 8.78 Å². The molecule has 0 unspecified atom stereocenters. The summed E-state index contributed by atoms with van der Waals surface area (Å²) in [5, 5.41) is 0. The maximum Gasteiger partial charge on any atom is 0.265 e. The van der Waals surface area contributed by atoms with Gasteiger partial charge in [0.15, 0.2) is 0 Å². The monoisotopic (exact) mass is 120 g/mol. The van der Waals surface area contributed by atoms with Gasteiger partial charge in [0.1, 0.15) is 0 Å². The van der Waals surface area contributed by atoms with E-state index in [1.165, 1.54) is 0 Å². The molecule has 1 radical (unpaired) electrons. The summed E-state index contributed by atoms with van der Waals surface area (Å²) in [4.78, 5) is 1.58. The lowest BCUT2D eigenvalue weighted by Gasteiger charge is -2.06. The fraction of sp³-hybridized carbons (Fsp3) is 0.800. The van der Waals surface area contributed by atoms with Crippen LogP contribution in [-0.4, -0.2) is 31.0 Å². The van der Waals surface area contributed by atoms with Crippen LogP contribution in [0.25, 0.3) is 0 Å². The summed E-state index contributed by atoms with van der Waals surface area (Å²) in [6.07, 6.45) is 1.03. The summed E-state index contributed by atoms with van der Waals surface area (Å²) in [7, 11) is 1.68. The van der Waals surface area contributed by atoms with Crippen LogP contribution >= 0.6 is 0 Å². The van der Waals surface area contributed by atoms with E-state index in [1.807, 2.05) is 0 Å². The molecular weight excluding hydrogens is 112 g/mol. The fourth-order valence-electron chi connectivity index (χ4n) is 0.778. The minimum Gasteiger partial charge on any atom is -0.300 e. The molecule has 47 valence electrons. The van der Waals surface area contributed by atoms with Gasteiger partial charge in [-0.25, -0.2) is 8.78 Å². The summed E-state index contributed by atoms with van der Waals surface area (Å²) in [5.41, 5.74) is 0. The molecule has 1 heterocycles. The molecule has 0 aromatic rings. The van der Waals surface area contributed by atoms with E-state index >= 15 is 0 Å². The van der Waals surface area contributed by atoms with Crippen LogP contribution in [0.2, 0.25) is 0 Å². The first-order chi connectivity index (χ1) is 3.60. The van der Waals surface area contributed by atoms with E-state index in [4.69, 9.17) is 0 Å². The molecule has 0 spiro atoms. The predicted molar refractivity (Wildman–Crippen MR) is 26.7 cm³/mol. The minimum atomic E-state index is -2.53. The van der Waals surface area contributed by atoms with Gasteiger partial charge in [-0.2, -0.15) is 0 Å². The predicted octanol–water partition coefficient (Wildman–Crippen LogP) is 0.771. The Balaban J connectivity index is 2.44. The molecule has 0 atom stereocenters. The van der Waals surface area contributed by atoms with Gasteiger partial charge in [0.2, 0.25) is 0 Å². The van der Waals surface area contributed by atoms with Crippen molar-refractivity contribution in [3.05, 3.63) is 6.42 Å². The zero-order valence-electron chi connectivity index (χ0n) is 4.69. The van der Waals surface area contributed by atoms with Gasteiger partial charge in [0, 0.05) is 13.0 Å². The van der Waals surface area contributed by atoms with Gasteiger partial charge in [-0.05, 0) is 7.05 Å². The quantitative estimate of drug-likeness (QED) is 0.456. The highest BCUT2D eigenvalue weighted by Gasteiger charge is 2.36. The number of nitrogens with zero attached hydrogens (tertiary/aromatic N) is 1. The molecule has 1 rings (SSSR count). The molecule has 0 saturated carbocycles. The van der Waals surface area contributed by atoms with Crippen LogP contribution in [0.5, 0.6) is 0 Å². The zero-order valence-corrected chi connectivity index (χ0v) is 4.69. The van der Waals surface area contributed by atoms with Crippen LogP contribution in [0.1, 0.15) is 0 Å². The fourth-order valence-corrected chi connectivity index (χ4v) is 0.778. The van der Waals surface area contributed by atoms with E-state index in [-0.39, 0.29) is 6.54 Å². The molecule has 3 heteroatoms. The number of hydrogen-bond acceptors (Lipinski definition) is 1. The standard InChI is InChI=1S/C5H8F2N/c1-8-3-2-5(6,7)4-8/h2H,3-4H2,1H3. The van der Waals surface area contributed by atoms with Crippen molar-refractivity contribution in [1.29, 1.82) is 0 Å². The lowest BCUT2D eigenvalue weighted by Crippen LogP contribution is -2.21. The van der Waals surface area contributed by atoms with Crippen molar-refractivity contribution in [2.45, 2.75) is 5.92 Å². The number of alkyl halides is 2. The second-order valence-electron chi connectivity index (χ2n) is 2.16. The maximum absolute atomic E-state index is 12.1. The molecule has 1 aliphatic rings. The zero-order chi connectivity index (χ0) is 6.20. The second-order valence-corrected chi connectivity index (χ2v) is 2.16. The Labute approximate surface area is 47.3 Å². The molecule has 1 aliphatic heterocycles. The normalized spacial score (nSPS) is 28.9. The van der Waals surface area contributed by atoms with Gasteiger partial charge in [0.25, 0.3) is 5.92 Å². The third kappa shape index (κ3) is 1.15. The Hall–Kier alpha value is -0.180. The Bertz CT molecular complexity index is 92.4.